The molecular formula is C12H17FO3. The van der Waals surface area contributed by atoms with E-state index in [9.17, 15) is 9.50 Å². The maximum Gasteiger partial charge on any atom is 0.132 e. The number of hydrogen-bond donors (Lipinski definition) is 1. The lowest BCUT2D eigenvalue weighted by Crippen LogP contribution is -2.05. The number of benzene rings is 1. The van der Waals surface area contributed by atoms with Gasteiger partial charge in [0.05, 0.1) is 13.2 Å². The van der Waals surface area contributed by atoms with Crippen LogP contribution in [-0.4, -0.2) is 25.4 Å². The van der Waals surface area contributed by atoms with Crippen LogP contribution in [0.2, 0.25) is 0 Å². The van der Waals surface area contributed by atoms with Gasteiger partial charge in [0.15, 0.2) is 0 Å². The minimum Gasteiger partial charge on any atom is -0.497 e. The number of aliphatic hydroxyl groups excluding tert-OH is 1. The standard InChI is InChI=1S/C12H17FO3/c1-3-16-7-6-12(14)10-5-4-9(15-2)8-11(10)13/h4-5,8,12,14H,3,6-7H2,1-2H3. The van der Waals surface area contributed by atoms with Gasteiger partial charge in [0, 0.05) is 31.3 Å². The Morgan fingerprint density at radius 3 is 2.75 bits per heavy atom. The van der Waals surface area contributed by atoms with E-state index >= 15 is 0 Å². The lowest BCUT2D eigenvalue weighted by atomic mass is 10.1. The van der Waals surface area contributed by atoms with E-state index in [4.69, 9.17) is 9.47 Å². The molecule has 0 saturated carbocycles. The van der Waals surface area contributed by atoms with Gasteiger partial charge in [0.1, 0.15) is 11.6 Å². The van der Waals surface area contributed by atoms with E-state index in [-0.39, 0.29) is 5.56 Å². The van der Waals surface area contributed by atoms with E-state index in [2.05, 4.69) is 0 Å². The Labute approximate surface area is 94.8 Å². The average molecular weight is 228 g/mol. The molecule has 1 N–H and O–H groups in total. The summed E-state index contributed by atoms with van der Waals surface area (Å²) in [5.74, 6) is -0.0124. The number of hydrogen-bond acceptors (Lipinski definition) is 3. The topological polar surface area (TPSA) is 38.7 Å². The van der Waals surface area contributed by atoms with Crippen LogP contribution in [0.5, 0.6) is 5.75 Å². The molecule has 0 spiro atoms. The number of halogens is 1. The number of rotatable bonds is 6. The van der Waals surface area contributed by atoms with Gasteiger partial charge in [-0.05, 0) is 19.1 Å². The van der Waals surface area contributed by atoms with Crippen molar-refractivity contribution in [1.82, 2.24) is 0 Å². The Hall–Kier alpha value is -1.13. The summed E-state index contributed by atoms with van der Waals surface area (Å²) in [6.07, 6.45) is -0.450. The molecule has 0 fully saturated rings. The summed E-state index contributed by atoms with van der Waals surface area (Å²) in [7, 11) is 1.47. The summed E-state index contributed by atoms with van der Waals surface area (Å²) in [4.78, 5) is 0. The van der Waals surface area contributed by atoms with Crippen molar-refractivity contribution in [1.29, 1.82) is 0 Å². The van der Waals surface area contributed by atoms with E-state index in [1.165, 1.54) is 19.2 Å². The van der Waals surface area contributed by atoms with E-state index in [0.29, 0.717) is 25.4 Å². The Balaban J connectivity index is 2.64. The molecule has 0 saturated heterocycles. The monoisotopic (exact) mass is 228 g/mol. The first-order chi connectivity index (χ1) is 7.69. The smallest absolute Gasteiger partial charge is 0.132 e. The first-order valence-electron chi connectivity index (χ1n) is 5.28. The van der Waals surface area contributed by atoms with Gasteiger partial charge >= 0.3 is 0 Å². The van der Waals surface area contributed by atoms with Crippen molar-refractivity contribution in [2.45, 2.75) is 19.4 Å². The summed E-state index contributed by atoms with van der Waals surface area (Å²) < 4.78 is 23.5. The molecule has 1 atom stereocenters. The second kappa shape index (κ2) is 6.45. The maximum atomic E-state index is 13.5. The van der Waals surface area contributed by atoms with Gasteiger partial charge in [-0.1, -0.05) is 0 Å². The highest BCUT2D eigenvalue weighted by atomic mass is 19.1. The van der Waals surface area contributed by atoms with Crippen LogP contribution in [0.3, 0.4) is 0 Å². The molecular weight excluding hydrogens is 211 g/mol. The molecule has 0 aromatic heterocycles. The quantitative estimate of drug-likeness (QED) is 0.759. The van der Waals surface area contributed by atoms with Gasteiger partial charge in [0.2, 0.25) is 0 Å². The highest BCUT2D eigenvalue weighted by Gasteiger charge is 2.13. The molecule has 0 aliphatic carbocycles. The lowest BCUT2D eigenvalue weighted by Gasteiger charge is -2.12. The van der Waals surface area contributed by atoms with E-state index in [1.807, 2.05) is 6.92 Å². The van der Waals surface area contributed by atoms with Gasteiger partial charge in [-0.3, -0.25) is 0 Å². The highest BCUT2D eigenvalue weighted by Crippen LogP contribution is 2.23. The van der Waals surface area contributed by atoms with Crippen LogP contribution in [0.25, 0.3) is 0 Å². The molecule has 1 aromatic rings. The Kier molecular flexibility index (Phi) is 5.22. The third kappa shape index (κ3) is 3.47. The zero-order chi connectivity index (χ0) is 12.0. The molecule has 0 heterocycles. The van der Waals surface area contributed by atoms with Crippen LogP contribution in [0.1, 0.15) is 25.0 Å². The molecule has 16 heavy (non-hydrogen) atoms. The second-order valence-electron chi connectivity index (χ2n) is 3.39. The summed E-state index contributed by atoms with van der Waals surface area (Å²) in [6.45, 7) is 2.89. The zero-order valence-electron chi connectivity index (χ0n) is 9.57. The zero-order valence-corrected chi connectivity index (χ0v) is 9.57. The van der Waals surface area contributed by atoms with Crippen LogP contribution in [0.4, 0.5) is 4.39 Å². The van der Waals surface area contributed by atoms with Crippen molar-refractivity contribution in [3.8, 4) is 5.75 Å². The molecule has 0 aliphatic rings. The fourth-order valence-electron chi connectivity index (χ4n) is 1.40. The first-order valence-corrected chi connectivity index (χ1v) is 5.28. The molecule has 4 heteroatoms. The van der Waals surface area contributed by atoms with Crippen molar-refractivity contribution >= 4 is 0 Å². The molecule has 1 rings (SSSR count). The number of aliphatic hydroxyl groups is 1. The van der Waals surface area contributed by atoms with Crippen LogP contribution in [-0.2, 0) is 4.74 Å². The molecule has 0 aliphatic heterocycles. The van der Waals surface area contributed by atoms with E-state index in [1.54, 1.807) is 6.07 Å². The largest absolute Gasteiger partial charge is 0.497 e. The van der Waals surface area contributed by atoms with Crippen LogP contribution < -0.4 is 4.74 Å². The SMILES string of the molecule is CCOCCC(O)c1ccc(OC)cc1F. The Morgan fingerprint density at radius 2 is 2.19 bits per heavy atom. The Morgan fingerprint density at radius 1 is 1.44 bits per heavy atom. The van der Waals surface area contributed by atoms with E-state index < -0.39 is 11.9 Å². The summed E-state index contributed by atoms with van der Waals surface area (Å²) in [6, 6.07) is 4.42. The summed E-state index contributed by atoms with van der Waals surface area (Å²) >= 11 is 0. The van der Waals surface area contributed by atoms with Gasteiger partial charge in [0.25, 0.3) is 0 Å². The van der Waals surface area contributed by atoms with Crippen molar-refractivity contribution in [2.24, 2.45) is 0 Å². The van der Waals surface area contributed by atoms with Crippen molar-refractivity contribution in [3.05, 3.63) is 29.6 Å². The maximum absolute atomic E-state index is 13.5. The molecule has 0 radical (unpaired) electrons. The highest BCUT2D eigenvalue weighted by molar-refractivity contribution is 5.30. The second-order valence-corrected chi connectivity index (χ2v) is 3.39. The van der Waals surface area contributed by atoms with Gasteiger partial charge in [-0.2, -0.15) is 0 Å². The summed E-state index contributed by atoms with van der Waals surface area (Å²) in [5.41, 5.74) is 0.278. The molecule has 1 aromatic carbocycles. The number of methoxy groups -OCH3 is 1. The van der Waals surface area contributed by atoms with Gasteiger partial charge < -0.3 is 14.6 Å². The molecule has 0 bridgehead atoms. The predicted molar refractivity (Wildman–Crippen MR) is 59.0 cm³/mol. The van der Waals surface area contributed by atoms with Crippen molar-refractivity contribution in [3.63, 3.8) is 0 Å². The van der Waals surface area contributed by atoms with Gasteiger partial charge in [-0.25, -0.2) is 4.39 Å². The van der Waals surface area contributed by atoms with E-state index in [0.717, 1.165) is 0 Å². The average Bonchev–Trinajstić information content (AvgIpc) is 2.29. The fraction of sp³-hybridized carbons (Fsp3) is 0.500. The molecule has 1 unspecified atom stereocenters. The number of ether oxygens (including phenoxy) is 2. The summed E-state index contributed by atoms with van der Waals surface area (Å²) in [5, 5.41) is 9.73. The van der Waals surface area contributed by atoms with Crippen LogP contribution in [0.15, 0.2) is 18.2 Å². The van der Waals surface area contributed by atoms with Crippen molar-refractivity contribution in [2.75, 3.05) is 20.3 Å². The Bertz CT molecular complexity index is 328. The molecule has 0 amide bonds. The third-order valence-electron chi connectivity index (χ3n) is 2.31. The predicted octanol–water partition coefficient (Wildman–Crippen LogP) is 2.29. The minimum absolute atomic E-state index is 0.278. The molecule has 90 valence electrons. The van der Waals surface area contributed by atoms with Crippen LogP contribution in [0, 0.1) is 5.82 Å². The lowest BCUT2D eigenvalue weighted by molar-refractivity contribution is 0.0868. The first kappa shape index (κ1) is 12.9. The third-order valence-corrected chi connectivity index (χ3v) is 2.31. The normalized spacial score (nSPS) is 12.5. The van der Waals surface area contributed by atoms with Gasteiger partial charge in [-0.15, -0.1) is 0 Å². The molecule has 3 nitrogen and oxygen atoms in total. The van der Waals surface area contributed by atoms with Crippen LogP contribution >= 0.6 is 0 Å². The minimum atomic E-state index is -0.836. The fourth-order valence-corrected chi connectivity index (χ4v) is 1.40. The van der Waals surface area contributed by atoms with Crippen molar-refractivity contribution < 1.29 is 19.0 Å².